The molecule has 0 fully saturated rings. The Morgan fingerprint density at radius 1 is 1.18 bits per heavy atom. The predicted molar refractivity (Wildman–Crippen MR) is 66.3 cm³/mol. The largest absolute Gasteiger partial charge is 0.354 e. The van der Waals surface area contributed by atoms with Crippen molar-refractivity contribution in [1.29, 1.82) is 0 Å². The molecule has 0 aliphatic rings. The Morgan fingerprint density at radius 2 is 1.82 bits per heavy atom. The van der Waals surface area contributed by atoms with Crippen molar-refractivity contribution in [3.8, 4) is 0 Å². The van der Waals surface area contributed by atoms with Crippen LogP contribution in [-0.4, -0.2) is 18.4 Å². The first-order chi connectivity index (χ1) is 8.19. The fraction of sp³-hybridized carbons (Fsp3) is 0.385. The van der Waals surface area contributed by atoms with Gasteiger partial charge in [0, 0.05) is 13.0 Å². The molecule has 0 radical (unpaired) electrons. The zero-order valence-corrected chi connectivity index (χ0v) is 10.2. The fourth-order valence-corrected chi connectivity index (χ4v) is 1.49. The first-order valence-electron chi connectivity index (χ1n) is 5.81. The van der Waals surface area contributed by atoms with Crippen LogP contribution in [-0.2, 0) is 9.59 Å². The van der Waals surface area contributed by atoms with Gasteiger partial charge in [0.15, 0.2) is 0 Å². The van der Waals surface area contributed by atoms with Crippen LogP contribution in [0.15, 0.2) is 30.3 Å². The highest BCUT2D eigenvalue weighted by atomic mass is 16.2. The molecule has 4 nitrogen and oxygen atoms in total. The number of carbonyl (C=O) groups excluding carboxylic acids is 2. The van der Waals surface area contributed by atoms with Gasteiger partial charge in [0.1, 0.15) is 6.04 Å². The van der Waals surface area contributed by atoms with Crippen molar-refractivity contribution in [1.82, 2.24) is 10.6 Å². The van der Waals surface area contributed by atoms with Crippen molar-refractivity contribution in [2.24, 2.45) is 0 Å². The quantitative estimate of drug-likeness (QED) is 0.809. The summed E-state index contributed by atoms with van der Waals surface area (Å²) in [7, 11) is 0. The molecule has 1 aromatic rings. The third-order valence-corrected chi connectivity index (χ3v) is 2.37. The SMILES string of the molecule is CCNC(=O)[C@@H](NC(=O)CC)c1ccccc1. The number of hydrogen-bond acceptors (Lipinski definition) is 2. The van der Waals surface area contributed by atoms with Gasteiger partial charge in [-0.1, -0.05) is 37.3 Å². The molecule has 0 aromatic heterocycles. The van der Waals surface area contributed by atoms with E-state index in [0.29, 0.717) is 13.0 Å². The summed E-state index contributed by atoms with van der Waals surface area (Å²) in [6, 6.07) is 8.62. The van der Waals surface area contributed by atoms with E-state index in [4.69, 9.17) is 0 Å². The Hall–Kier alpha value is -1.84. The number of rotatable bonds is 5. The smallest absolute Gasteiger partial charge is 0.247 e. The van der Waals surface area contributed by atoms with Crippen molar-refractivity contribution >= 4 is 11.8 Å². The van der Waals surface area contributed by atoms with Gasteiger partial charge in [0.2, 0.25) is 11.8 Å². The van der Waals surface area contributed by atoms with E-state index in [2.05, 4.69) is 10.6 Å². The molecule has 17 heavy (non-hydrogen) atoms. The van der Waals surface area contributed by atoms with Crippen molar-refractivity contribution in [2.45, 2.75) is 26.3 Å². The molecular weight excluding hydrogens is 216 g/mol. The van der Waals surface area contributed by atoms with Crippen LogP contribution in [0.1, 0.15) is 31.9 Å². The molecule has 0 unspecified atom stereocenters. The van der Waals surface area contributed by atoms with Crippen LogP contribution in [0.5, 0.6) is 0 Å². The van der Waals surface area contributed by atoms with Gasteiger partial charge < -0.3 is 10.6 Å². The van der Waals surface area contributed by atoms with Crippen LogP contribution in [0.25, 0.3) is 0 Å². The summed E-state index contributed by atoms with van der Waals surface area (Å²) in [5.74, 6) is -0.314. The molecule has 0 bridgehead atoms. The van der Waals surface area contributed by atoms with Crippen molar-refractivity contribution in [3.05, 3.63) is 35.9 Å². The van der Waals surface area contributed by atoms with Gasteiger partial charge in [-0.2, -0.15) is 0 Å². The number of carbonyl (C=O) groups is 2. The lowest BCUT2D eigenvalue weighted by molar-refractivity contribution is -0.129. The summed E-state index contributed by atoms with van der Waals surface area (Å²) in [5.41, 5.74) is 0.792. The molecule has 2 N–H and O–H groups in total. The number of amides is 2. The fourth-order valence-electron chi connectivity index (χ4n) is 1.49. The van der Waals surface area contributed by atoms with Crippen molar-refractivity contribution in [2.75, 3.05) is 6.54 Å². The maximum absolute atomic E-state index is 11.9. The number of likely N-dealkylation sites (N-methyl/N-ethyl adjacent to an activating group) is 1. The van der Waals surface area contributed by atoms with E-state index in [1.807, 2.05) is 37.3 Å². The average Bonchev–Trinajstić information content (AvgIpc) is 2.36. The van der Waals surface area contributed by atoms with Crippen LogP contribution in [0.2, 0.25) is 0 Å². The van der Waals surface area contributed by atoms with E-state index in [1.54, 1.807) is 6.92 Å². The highest BCUT2D eigenvalue weighted by Gasteiger charge is 2.20. The van der Waals surface area contributed by atoms with Gasteiger partial charge in [0.25, 0.3) is 0 Å². The second-order valence-corrected chi connectivity index (χ2v) is 3.66. The minimum absolute atomic E-state index is 0.134. The van der Waals surface area contributed by atoms with Crippen LogP contribution in [0.4, 0.5) is 0 Å². The summed E-state index contributed by atoms with van der Waals surface area (Å²) in [5, 5.41) is 5.44. The van der Waals surface area contributed by atoms with Gasteiger partial charge in [0.05, 0.1) is 0 Å². The lowest BCUT2D eigenvalue weighted by Gasteiger charge is -2.18. The Labute approximate surface area is 101 Å². The minimum atomic E-state index is -0.608. The zero-order valence-electron chi connectivity index (χ0n) is 10.2. The summed E-state index contributed by atoms with van der Waals surface area (Å²) in [6.45, 7) is 4.15. The molecule has 0 saturated carbocycles. The van der Waals surface area contributed by atoms with E-state index >= 15 is 0 Å². The van der Waals surface area contributed by atoms with Crippen LogP contribution in [0, 0.1) is 0 Å². The average molecular weight is 234 g/mol. The highest BCUT2D eigenvalue weighted by molar-refractivity contribution is 5.88. The van der Waals surface area contributed by atoms with Crippen molar-refractivity contribution in [3.63, 3.8) is 0 Å². The molecule has 1 atom stereocenters. The van der Waals surface area contributed by atoms with Crippen LogP contribution in [0.3, 0.4) is 0 Å². The molecule has 0 saturated heterocycles. The molecule has 0 spiro atoms. The monoisotopic (exact) mass is 234 g/mol. The van der Waals surface area contributed by atoms with Gasteiger partial charge in [-0.25, -0.2) is 0 Å². The summed E-state index contributed by atoms with van der Waals surface area (Å²) < 4.78 is 0. The van der Waals surface area contributed by atoms with Crippen molar-refractivity contribution < 1.29 is 9.59 Å². The van der Waals surface area contributed by atoms with E-state index < -0.39 is 6.04 Å². The zero-order chi connectivity index (χ0) is 12.7. The number of nitrogens with one attached hydrogen (secondary N) is 2. The maximum Gasteiger partial charge on any atom is 0.247 e. The van der Waals surface area contributed by atoms with E-state index in [-0.39, 0.29) is 11.8 Å². The second-order valence-electron chi connectivity index (χ2n) is 3.66. The summed E-state index contributed by atoms with van der Waals surface area (Å²) in [4.78, 5) is 23.3. The lowest BCUT2D eigenvalue weighted by Crippen LogP contribution is -2.40. The topological polar surface area (TPSA) is 58.2 Å². The Balaban J connectivity index is 2.86. The third kappa shape index (κ3) is 3.90. The molecular formula is C13H18N2O2. The first-order valence-corrected chi connectivity index (χ1v) is 5.81. The number of hydrogen-bond donors (Lipinski definition) is 2. The van der Waals surface area contributed by atoms with Gasteiger partial charge >= 0.3 is 0 Å². The summed E-state index contributed by atoms with van der Waals surface area (Å²) >= 11 is 0. The Kier molecular flexibility index (Phi) is 5.20. The summed E-state index contributed by atoms with van der Waals surface area (Å²) in [6.07, 6.45) is 0.364. The van der Waals surface area contributed by atoms with Gasteiger partial charge in [-0.15, -0.1) is 0 Å². The standard InChI is InChI=1S/C13H18N2O2/c1-3-11(16)15-12(13(17)14-4-2)10-8-6-5-7-9-10/h5-9,12H,3-4H2,1-2H3,(H,14,17)(H,15,16)/t12-/m0/s1. The second kappa shape index (κ2) is 6.68. The first kappa shape index (κ1) is 13.2. The highest BCUT2D eigenvalue weighted by Crippen LogP contribution is 2.12. The lowest BCUT2D eigenvalue weighted by atomic mass is 10.1. The normalized spacial score (nSPS) is 11.6. The Bertz CT molecular complexity index is 376. The van der Waals surface area contributed by atoms with Crippen LogP contribution >= 0.6 is 0 Å². The molecule has 0 aliphatic heterocycles. The molecule has 1 rings (SSSR count). The third-order valence-electron chi connectivity index (χ3n) is 2.37. The molecule has 4 heteroatoms. The van der Waals surface area contributed by atoms with E-state index in [9.17, 15) is 9.59 Å². The van der Waals surface area contributed by atoms with Crippen LogP contribution < -0.4 is 10.6 Å². The molecule has 92 valence electrons. The molecule has 1 aromatic carbocycles. The Morgan fingerprint density at radius 3 is 2.35 bits per heavy atom. The van der Waals surface area contributed by atoms with E-state index in [1.165, 1.54) is 0 Å². The minimum Gasteiger partial charge on any atom is -0.354 e. The predicted octanol–water partition coefficient (Wildman–Crippen LogP) is 1.39. The maximum atomic E-state index is 11.9. The van der Waals surface area contributed by atoms with E-state index in [0.717, 1.165) is 5.56 Å². The molecule has 2 amide bonds. The number of benzene rings is 1. The van der Waals surface area contributed by atoms with Gasteiger partial charge in [-0.3, -0.25) is 9.59 Å². The van der Waals surface area contributed by atoms with Gasteiger partial charge in [-0.05, 0) is 12.5 Å². The molecule has 0 heterocycles. The molecule has 0 aliphatic carbocycles.